The summed E-state index contributed by atoms with van der Waals surface area (Å²) >= 11 is 13.0. The number of hydrogen-bond donors (Lipinski definition) is 8. The predicted octanol–water partition coefficient (Wildman–Crippen LogP) is 0.319. The van der Waals surface area contributed by atoms with Crippen LogP contribution in [0.15, 0.2) is 41.3 Å². The number of fused-ring (bicyclic) bond motifs is 1. The number of nitrogens with one attached hydrogen (secondary N) is 6. The summed E-state index contributed by atoms with van der Waals surface area (Å²) in [7, 11) is -3.98. The van der Waals surface area contributed by atoms with E-state index in [0.717, 1.165) is 30.8 Å². The number of rotatable bonds is 17. The zero-order valence-electron chi connectivity index (χ0n) is 31.5. The lowest BCUT2D eigenvalue weighted by atomic mass is 10.1. The number of piperazine rings is 1. The molecular weight excluding hydrogens is 803 g/mol. The Balaban J connectivity index is 1.09. The van der Waals surface area contributed by atoms with Gasteiger partial charge < -0.3 is 47.7 Å². The highest BCUT2D eigenvalue weighted by molar-refractivity contribution is 7.89. The second-order valence-electron chi connectivity index (χ2n) is 14.4. The van der Waals surface area contributed by atoms with Crippen LogP contribution in [0.3, 0.4) is 0 Å². The number of unbranched alkanes of at least 4 members (excludes halogenated alkanes) is 1. The van der Waals surface area contributed by atoms with E-state index in [1.54, 1.807) is 18.2 Å². The van der Waals surface area contributed by atoms with E-state index < -0.39 is 58.3 Å². The zero-order chi connectivity index (χ0) is 41.3. The fourth-order valence-corrected chi connectivity index (χ4v) is 9.02. The van der Waals surface area contributed by atoms with Gasteiger partial charge in [0.1, 0.15) is 17.9 Å². The molecule has 5 rings (SSSR count). The van der Waals surface area contributed by atoms with E-state index in [1.807, 2.05) is 6.07 Å². The second-order valence-corrected chi connectivity index (χ2v) is 16.9. The molecule has 0 bridgehead atoms. The van der Waals surface area contributed by atoms with Gasteiger partial charge in [-0.1, -0.05) is 23.2 Å². The van der Waals surface area contributed by atoms with E-state index in [-0.39, 0.29) is 49.8 Å². The monoisotopic (exact) mass is 852 g/mol. The van der Waals surface area contributed by atoms with Crippen molar-refractivity contribution in [2.75, 3.05) is 52.4 Å². The van der Waals surface area contributed by atoms with E-state index in [0.29, 0.717) is 47.5 Å². The van der Waals surface area contributed by atoms with Crippen LogP contribution in [0.5, 0.6) is 5.75 Å². The summed E-state index contributed by atoms with van der Waals surface area (Å²) in [5, 5.41) is 14.3. The zero-order valence-corrected chi connectivity index (χ0v) is 33.9. The van der Waals surface area contributed by atoms with Crippen LogP contribution in [0.1, 0.15) is 49.8 Å². The van der Waals surface area contributed by atoms with E-state index in [2.05, 4.69) is 43.1 Å². The lowest BCUT2D eigenvalue weighted by Crippen LogP contribution is -2.54. The van der Waals surface area contributed by atoms with E-state index >= 15 is 0 Å². The molecule has 5 atom stereocenters. The number of hydrogen-bond acceptors (Lipinski definition) is 10. The highest BCUT2D eigenvalue weighted by Gasteiger charge is 2.41. The van der Waals surface area contributed by atoms with Crippen LogP contribution in [0.25, 0.3) is 0 Å². The lowest BCUT2D eigenvalue weighted by Gasteiger charge is -2.38. The van der Waals surface area contributed by atoms with Gasteiger partial charge in [-0.25, -0.2) is 22.7 Å². The minimum atomic E-state index is -3.98. The third-order valence-electron chi connectivity index (χ3n) is 10.0. The van der Waals surface area contributed by atoms with Crippen LogP contribution in [0.4, 0.5) is 9.59 Å². The van der Waals surface area contributed by atoms with Gasteiger partial charge in [0.05, 0.1) is 23.9 Å². The standard InChI is InChI=1S/C36H50Cl2N10O8S/c1-21-19-47(13-11-41-21)30-16-26-27(14-22(37)15-28(26)38)33(30)56-24-4-6-25(7-5-24)57(54,55)46-23-8-12-48(20-23)32(50)17-29(34(40)51)45-36(53)43-10-3-2-9-42-35(52)44-18-31(39)49/h4-7,14-15,21,23,29-30,33,41,46H,2-3,8-13,16-20H2,1H3,(H2,39,49)(H2,40,51)(H2,42,44,52)(H2,43,45,53)/t21-,23+,29?,30+,33+/m1/s1. The van der Waals surface area contributed by atoms with Crippen LogP contribution in [0, 0.1) is 0 Å². The van der Waals surface area contributed by atoms with Gasteiger partial charge in [0.2, 0.25) is 27.7 Å². The number of carbonyl (C=O) groups excluding carboxylic acids is 5. The molecule has 10 N–H and O–H groups in total. The van der Waals surface area contributed by atoms with Crippen LogP contribution in [-0.2, 0) is 30.8 Å². The van der Waals surface area contributed by atoms with E-state index in [4.69, 9.17) is 39.4 Å². The molecule has 2 fully saturated rings. The van der Waals surface area contributed by atoms with Crippen molar-refractivity contribution in [1.82, 2.24) is 41.1 Å². The maximum absolute atomic E-state index is 13.4. The summed E-state index contributed by atoms with van der Waals surface area (Å²) in [6, 6.07) is 6.95. The largest absolute Gasteiger partial charge is 0.484 e. The number of urea groups is 2. The Hall–Kier alpha value is -4.40. The summed E-state index contributed by atoms with van der Waals surface area (Å²) in [5.41, 5.74) is 12.3. The summed E-state index contributed by atoms with van der Waals surface area (Å²) in [5.74, 6) is -1.58. The highest BCUT2D eigenvalue weighted by Crippen LogP contribution is 2.43. The number of halogens is 2. The van der Waals surface area contributed by atoms with Gasteiger partial charge in [-0.05, 0) is 74.6 Å². The minimum absolute atomic E-state index is 0.00894. The molecule has 18 nitrogen and oxygen atoms in total. The number of primary amides is 2. The molecule has 312 valence electrons. The van der Waals surface area contributed by atoms with Gasteiger partial charge in [0.25, 0.3) is 0 Å². The average Bonchev–Trinajstić information content (AvgIpc) is 3.76. The van der Waals surface area contributed by atoms with Crippen LogP contribution < -0.4 is 47.5 Å². The van der Waals surface area contributed by atoms with Crippen molar-refractivity contribution in [2.45, 2.75) is 74.2 Å². The van der Waals surface area contributed by atoms with Gasteiger partial charge in [-0.15, -0.1) is 0 Å². The summed E-state index contributed by atoms with van der Waals surface area (Å²) in [6.45, 7) is 5.15. The Morgan fingerprint density at radius 2 is 1.67 bits per heavy atom. The molecule has 0 spiro atoms. The Labute approximate surface area is 341 Å². The van der Waals surface area contributed by atoms with Crippen molar-refractivity contribution >= 4 is 63.0 Å². The summed E-state index contributed by atoms with van der Waals surface area (Å²) in [6.07, 6.45) is 1.22. The minimum Gasteiger partial charge on any atom is -0.484 e. The normalized spacial score (nSPS) is 21.3. The fraction of sp³-hybridized carbons (Fsp3) is 0.528. The van der Waals surface area contributed by atoms with E-state index in [1.165, 1.54) is 17.0 Å². The number of carbonyl (C=O) groups is 5. The average molecular weight is 854 g/mol. The van der Waals surface area contributed by atoms with Crippen LogP contribution in [-0.4, -0.2) is 125 Å². The summed E-state index contributed by atoms with van der Waals surface area (Å²) in [4.78, 5) is 63.6. The molecule has 1 unspecified atom stereocenters. The number of likely N-dealkylation sites (tertiary alicyclic amines) is 1. The van der Waals surface area contributed by atoms with Gasteiger partial charge >= 0.3 is 12.1 Å². The molecule has 21 heteroatoms. The number of amides is 7. The predicted molar refractivity (Wildman–Crippen MR) is 212 cm³/mol. The SMILES string of the molecule is C[C@@H]1CN([C@H]2Cc3c(Cl)cc(Cl)cc3[C@@H]2Oc2ccc(S(=O)(=O)N[C@H]3CCN(C(=O)CC(NC(=O)NCCCCNC(=O)NCC(N)=O)C(N)=O)C3)cc2)CCN1. The van der Waals surface area contributed by atoms with Crippen molar-refractivity contribution in [3.05, 3.63) is 57.6 Å². The second kappa shape index (κ2) is 19.8. The van der Waals surface area contributed by atoms with Gasteiger partial charge in [-0.2, -0.15) is 0 Å². The van der Waals surface area contributed by atoms with Gasteiger partial charge in [-0.3, -0.25) is 19.3 Å². The smallest absolute Gasteiger partial charge is 0.315 e. The number of benzene rings is 2. The van der Waals surface area contributed by atoms with E-state index in [9.17, 15) is 32.4 Å². The first-order chi connectivity index (χ1) is 27.1. The molecule has 2 aromatic carbocycles. The van der Waals surface area contributed by atoms with Gasteiger partial charge in [0, 0.05) is 73.5 Å². The Morgan fingerprint density at radius 1 is 0.965 bits per heavy atom. The van der Waals surface area contributed by atoms with Gasteiger partial charge in [0.15, 0.2) is 0 Å². The quantitative estimate of drug-likeness (QED) is 0.101. The van der Waals surface area contributed by atoms with Crippen molar-refractivity contribution in [3.63, 3.8) is 0 Å². The molecule has 0 saturated carbocycles. The molecule has 2 heterocycles. The van der Waals surface area contributed by atoms with Crippen LogP contribution >= 0.6 is 23.2 Å². The molecule has 2 aliphatic heterocycles. The number of sulfonamides is 1. The van der Waals surface area contributed by atoms with Crippen molar-refractivity contribution in [2.24, 2.45) is 11.5 Å². The Morgan fingerprint density at radius 3 is 2.33 bits per heavy atom. The van der Waals surface area contributed by atoms with Crippen molar-refractivity contribution in [1.29, 1.82) is 0 Å². The first-order valence-electron chi connectivity index (χ1n) is 18.8. The number of nitrogens with two attached hydrogens (primary N) is 2. The molecule has 57 heavy (non-hydrogen) atoms. The fourth-order valence-electron chi connectivity index (χ4n) is 7.18. The maximum atomic E-state index is 13.4. The summed E-state index contributed by atoms with van der Waals surface area (Å²) < 4.78 is 36.0. The van der Waals surface area contributed by atoms with Crippen molar-refractivity contribution in [3.8, 4) is 5.75 Å². The third-order valence-corrected chi connectivity index (χ3v) is 12.1. The Bertz CT molecular complexity index is 1910. The molecule has 1 aliphatic carbocycles. The first-order valence-corrected chi connectivity index (χ1v) is 21.0. The Kier molecular flexibility index (Phi) is 15.2. The maximum Gasteiger partial charge on any atom is 0.315 e. The highest BCUT2D eigenvalue weighted by atomic mass is 35.5. The van der Waals surface area contributed by atoms with Crippen LogP contribution in [0.2, 0.25) is 10.0 Å². The number of ether oxygens (including phenoxy) is 1. The molecule has 7 amide bonds. The molecule has 2 saturated heterocycles. The molecule has 3 aliphatic rings. The third kappa shape index (κ3) is 12.3. The molecular formula is C36H50Cl2N10O8S. The molecule has 0 radical (unpaired) electrons. The molecule has 0 aromatic heterocycles. The lowest BCUT2D eigenvalue weighted by molar-refractivity contribution is -0.133. The topological polar surface area (TPSA) is 259 Å². The van der Waals surface area contributed by atoms with Crippen molar-refractivity contribution < 1.29 is 37.1 Å². The first kappa shape index (κ1) is 43.7. The molecule has 2 aromatic rings. The number of nitrogens with zero attached hydrogens (tertiary/aromatic N) is 2.